The largest absolute Gasteiger partial charge is 0.369 e. The molecule has 5 heteroatoms. The van der Waals surface area contributed by atoms with E-state index in [0.29, 0.717) is 16.4 Å². The smallest absolute Gasteiger partial charge is 0.134 e. The SMILES string of the molecule is Cc1nc(Cl)cc(NCC2(CN(C)C)CCCC2)n1. The molecule has 19 heavy (non-hydrogen) atoms. The van der Waals surface area contributed by atoms with Crippen LogP contribution in [-0.4, -0.2) is 42.1 Å². The van der Waals surface area contributed by atoms with Gasteiger partial charge in [0.2, 0.25) is 0 Å². The molecule has 4 nitrogen and oxygen atoms in total. The van der Waals surface area contributed by atoms with E-state index in [1.807, 2.05) is 6.92 Å². The molecule has 0 aliphatic heterocycles. The minimum Gasteiger partial charge on any atom is -0.369 e. The molecular weight excluding hydrogens is 260 g/mol. The summed E-state index contributed by atoms with van der Waals surface area (Å²) in [6.45, 7) is 3.94. The highest BCUT2D eigenvalue weighted by Gasteiger charge is 2.34. The number of halogens is 1. The maximum absolute atomic E-state index is 5.97. The van der Waals surface area contributed by atoms with Gasteiger partial charge in [0.1, 0.15) is 16.8 Å². The fourth-order valence-electron chi connectivity index (χ4n) is 3.09. The van der Waals surface area contributed by atoms with Crippen LogP contribution in [0.1, 0.15) is 31.5 Å². The fourth-order valence-corrected chi connectivity index (χ4v) is 3.31. The molecule has 1 aromatic rings. The summed E-state index contributed by atoms with van der Waals surface area (Å²) >= 11 is 5.97. The minimum atomic E-state index is 0.370. The fraction of sp³-hybridized carbons (Fsp3) is 0.714. The van der Waals surface area contributed by atoms with Crippen molar-refractivity contribution in [2.45, 2.75) is 32.6 Å². The second kappa shape index (κ2) is 6.06. The predicted molar refractivity (Wildman–Crippen MR) is 79.7 cm³/mol. The summed E-state index contributed by atoms with van der Waals surface area (Å²) in [5, 5.41) is 3.96. The summed E-state index contributed by atoms with van der Waals surface area (Å²) in [5.41, 5.74) is 0.370. The summed E-state index contributed by atoms with van der Waals surface area (Å²) in [5.74, 6) is 1.55. The molecule has 0 spiro atoms. The zero-order chi connectivity index (χ0) is 13.9. The molecule has 1 aliphatic carbocycles. The van der Waals surface area contributed by atoms with Crippen molar-refractivity contribution < 1.29 is 0 Å². The zero-order valence-electron chi connectivity index (χ0n) is 12.0. The van der Waals surface area contributed by atoms with Crippen LogP contribution in [-0.2, 0) is 0 Å². The van der Waals surface area contributed by atoms with Crippen LogP contribution in [0.25, 0.3) is 0 Å². The van der Waals surface area contributed by atoms with E-state index in [4.69, 9.17) is 11.6 Å². The first kappa shape index (κ1) is 14.5. The number of rotatable bonds is 5. The quantitative estimate of drug-likeness (QED) is 0.843. The second-order valence-electron chi connectivity index (χ2n) is 5.92. The Balaban J connectivity index is 2.02. The predicted octanol–water partition coefficient (Wildman–Crippen LogP) is 2.97. The first-order valence-corrected chi connectivity index (χ1v) is 7.27. The molecule has 0 saturated heterocycles. The molecule has 1 saturated carbocycles. The van der Waals surface area contributed by atoms with E-state index >= 15 is 0 Å². The molecule has 0 unspecified atom stereocenters. The third-order valence-electron chi connectivity index (χ3n) is 3.77. The highest BCUT2D eigenvalue weighted by molar-refractivity contribution is 6.29. The van der Waals surface area contributed by atoms with Crippen molar-refractivity contribution in [1.29, 1.82) is 0 Å². The average molecular weight is 283 g/mol. The lowest BCUT2D eigenvalue weighted by Gasteiger charge is -2.32. The molecule has 2 rings (SSSR count). The van der Waals surface area contributed by atoms with Crippen LogP contribution in [0.2, 0.25) is 5.15 Å². The first-order chi connectivity index (χ1) is 8.99. The van der Waals surface area contributed by atoms with Gasteiger partial charge in [-0.3, -0.25) is 0 Å². The monoisotopic (exact) mass is 282 g/mol. The third kappa shape index (κ3) is 4.05. The van der Waals surface area contributed by atoms with Gasteiger partial charge in [-0.1, -0.05) is 24.4 Å². The summed E-state index contributed by atoms with van der Waals surface area (Å²) in [6.07, 6.45) is 5.24. The van der Waals surface area contributed by atoms with Crippen LogP contribution in [0.15, 0.2) is 6.07 Å². The van der Waals surface area contributed by atoms with Crippen LogP contribution < -0.4 is 5.32 Å². The molecule has 0 aromatic carbocycles. The topological polar surface area (TPSA) is 41.1 Å². The first-order valence-electron chi connectivity index (χ1n) is 6.89. The lowest BCUT2D eigenvalue weighted by Crippen LogP contribution is -2.37. The highest BCUT2D eigenvalue weighted by Crippen LogP contribution is 2.38. The molecule has 0 bridgehead atoms. The standard InChI is InChI=1S/C14H23ClN4/c1-11-17-12(15)8-13(18-11)16-9-14(10-19(2)3)6-4-5-7-14/h8H,4-7,9-10H2,1-3H3,(H,16,17,18). The Morgan fingerprint density at radius 3 is 2.58 bits per heavy atom. The van der Waals surface area contributed by atoms with Gasteiger partial charge in [-0.15, -0.1) is 0 Å². The molecule has 0 atom stereocenters. The van der Waals surface area contributed by atoms with Gasteiger partial charge in [0.15, 0.2) is 0 Å². The molecule has 1 aliphatic rings. The summed E-state index contributed by atoms with van der Waals surface area (Å²) in [6, 6.07) is 1.80. The van der Waals surface area contributed by atoms with Crippen LogP contribution in [0.4, 0.5) is 5.82 Å². The van der Waals surface area contributed by atoms with E-state index in [1.165, 1.54) is 25.7 Å². The molecule has 0 amide bonds. The van der Waals surface area contributed by atoms with Gasteiger partial charge in [0.05, 0.1) is 0 Å². The van der Waals surface area contributed by atoms with Crippen molar-refractivity contribution in [3.8, 4) is 0 Å². The Morgan fingerprint density at radius 2 is 2.00 bits per heavy atom. The number of aryl methyl sites for hydroxylation is 1. The lowest BCUT2D eigenvalue weighted by molar-refractivity contribution is 0.215. The Kier molecular flexibility index (Phi) is 4.63. The molecule has 1 fully saturated rings. The van der Waals surface area contributed by atoms with Gasteiger partial charge in [-0.05, 0) is 33.9 Å². The van der Waals surface area contributed by atoms with Crippen molar-refractivity contribution in [3.63, 3.8) is 0 Å². The van der Waals surface area contributed by atoms with E-state index in [1.54, 1.807) is 6.07 Å². The number of nitrogens with zero attached hydrogens (tertiary/aromatic N) is 3. The number of anilines is 1. The van der Waals surface area contributed by atoms with Crippen molar-refractivity contribution in [3.05, 3.63) is 17.0 Å². The van der Waals surface area contributed by atoms with Gasteiger partial charge in [0, 0.05) is 24.6 Å². The van der Waals surface area contributed by atoms with E-state index in [9.17, 15) is 0 Å². The maximum Gasteiger partial charge on any atom is 0.134 e. The van der Waals surface area contributed by atoms with Gasteiger partial charge >= 0.3 is 0 Å². The van der Waals surface area contributed by atoms with Gasteiger partial charge < -0.3 is 10.2 Å². The second-order valence-corrected chi connectivity index (χ2v) is 6.31. The molecule has 1 heterocycles. The third-order valence-corrected chi connectivity index (χ3v) is 3.96. The summed E-state index contributed by atoms with van der Waals surface area (Å²) in [4.78, 5) is 10.8. The van der Waals surface area contributed by atoms with Crippen LogP contribution >= 0.6 is 11.6 Å². The van der Waals surface area contributed by atoms with E-state index in [2.05, 4.69) is 34.3 Å². The number of nitrogens with one attached hydrogen (secondary N) is 1. The van der Waals surface area contributed by atoms with Gasteiger partial charge in [-0.25, -0.2) is 9.97 Å². The lowest BCUT2D eigenvalue weighted by atomic mass is 9.85. The number of hydrogen-bond donors (Lipinski definition) is 1. The minimum absolute atomic E-state index is 0.370. The molecule has 1 N–H and O–H groups in total. The van der Waals surface area contributed by atoms with Crippen LogP contribution in [0.5, 0.6) is 0 Å². The van der Waals surface area contributed by atoms with E-state index < -0.39 is 0 Å². The normalized spacial score (nSPS) is 17.9. The maximum atomic E-state index is 5.97. The summed E-state index contributed by atoms with van der Waals surface area (Å²) in [7, 11) is 4.29. The van der Waals surface area contributed by atoms with Crippen molar-refractivity contribution in [1.82, 2.24) is 14.9 Å². The Bertz CT molecular complexity index is 407. The average Bonchev–Trinajstić information content (AvgIpc) is 2.73. The van der Waals surface area contributed by atoms with Crippen LogP contribution in [0.3, 0.4) is 0 Å². The number of hydrogen-bond acceptors (Lipinski definition) is 4. The van der Waals surface area contributed by atoms with E-state index in [-0.39, 0.29) is 0 Å². The highest BCUT2D eigenvalue weighted by atomic mass is 35.5. The van der Waals surface area contributed by atoms with Crippen molar-refractivity contribution in [2.75, 3.05) is 32.5 Å². The Morgan fingerprint density at radius 1 is 1.32 bits per heavy atom. The van der Waals surface area contributed by atoms with Gasteiger partial charge in [-0.2, -0.15) is 0 Å². The van der Waals surface area contributed by atoms with Crippen LogP contribution in [0, 0.1) is 12.3 Å². The van der Waals surface area contributed by atoms with Crippen molar-refractivity contribution in [2.24, 2.45) is 5.41 Å². The Labute approximate surface area is 120 Å². The summed E-state index contributed by atoms with van der Waals surface area (Å²) < 4.78 is 0. The van der Waals surface area contributed by atoms with Gasteiger partial charge in [0.25, 0.3) is 0 Å². The van der Waals surface area contributed by atoms with E-state index in [0.717, 1.165) is 18.9 Å². The van der Waals surface area contributed by atoms with Crippen molar-refractivity contribution >= 4 is 17.4 Å². The Hall–Kier alpha value is -0.870. The molecule has 1 aromatic heterocycles. The number of aromatic nitrogens is 2. The molecular formula is C14H23ClN4. The molecule has 0 radical (unpaired) electrons. The molecule has 106 valence electrons. The zero-order valence-corrected chi connectivity index (χ0v) is 12.8.